The highest BCUT2D eigenvalue weighted by Gasteiger charge is 2.47. The first-order chi connectivity index (χ1) is 17.3. The molecule has 0 amide bonds. The molecule has 0 saturated heterocycles. The first kappa shape index (κ1) is 20.7. The monoisotopic (exact) mass is 464 g/mol. The van der Waals surface area contributed by atoms with Gasteiger partial charge in [0.15, 0.2) is 17.0 Å². The maximum atomic E-state index is 12.1. The third-order valence-electron chi connectivity index (χ3n) is 8.61. The lowest BCUT2D eigenvalue weighted by molar-refractivity contribution is -0.112. The number of carbonyl (C=O) groups is 1. The van der Waals surface area contributed by atoms with Gasteiger partial charge in [0, 0.05) is 30.8 Å². The van der Waals surface area contributed by atoms with Crippen molar-refractivity contribution in [2.45, 2.75) is 56.8 Å². The average Bonchev–Trinajstić information content (AvgIpc) is 3.46. The number of fused-ring (bicyclic) bond motifs is 3. The van der Waals surface area contributed by atoms with E-state index in [0.717, 1.165) is 85.5 Å². The Labute approximate surface area is 204 Å². The number of aldehydes is 1. The van der Waals surface area contributed by atoms with Crippen LogP contribution in [0.2, 0.25) is 0 Å². The Morgan fingerprint density at radius 2 is 1.97 bits per heavy atom. The molecule has 1 spiro atoms. The zero-order chi connectivity index (χ0) is 23.4. The SMILES string of the molecule is O=CC1c2ccccc2C[C@]12CC[C@H](c1cnc3c(N4CCCc5ncccc54)n[nH]c3n1)CC2. The normalized spacial score (nSPS) is 25.5. The van der Waals surface area contributed by atoms with Crippen LogP contribution in [-0.2, 0) is 17.6 Å². The molecule has 1 aromatic carbocycles. The van der Waals surface area contributed by atoms with Crippen molar-refractivity contribution in [2.75, 3.05) is 11.4 Å². The number of pyridine rings is 1. The van der Waals surface area contributed by atoms with E-state index in [1.54, 1.807) is 0 Å². The predicted octanol–water partition coefficient (Wildman–Crippen LogP) is 5.02. The Morgan fingerprint density at radius 3 is 2.86 bits per heavy atom. The van der Waals surface area contributed by atoms with Crippen molar-refractivity contribution in [1.82, 2.24) is 25.1 Å². The van der Waals surface area contributed by atoms with Gasteiger partial charge in [0.2, 0.25) is 0 Å². The smallest absolute Gasteiger partial charge is 0.183 e. The van der Waals surface area contributed by atoms with Crippen LogP contribution < -0.4 is 4.90 Å². The second-order valence-corrected chi connectivity index (χ2v) is 10.4. The maximum Gasteiger partial charge on any atom is 0.183 e. The Bertz CT molecular complexity index is 1420. The van der Waals surface area contributed by atoms with Crippen molar-refractivity contribution in [1.29, 1.82) is 0 Å². The van der Waals surface area contributed by atoms with Gasteiger partial charge in [-0.15, -0.1) is 0 Å². The van der Waals surface area contributed by atoms with E-state index in [0.29, 0.717) is 5.92 Å². The summed E-state index contributed by atoms with van der Waals surface area (Å²) in [5, 5.41) is 7.76. The topological polar surface area (TPSA) is 87.7 Å². The lowest BCUT2D eigenvalue weighted by atomic mass is 9.64. The molecular weight excluding hydrogens is 436 g/mol. The molecule has 4 aromatic rings. The highest BCUT2D eigenvalue weighted by atomic mass is 16.1. The summed E-state index contributed by atoms with van der Waals surface area (Å²) in [4.78, 5) is 28.7. The Morgan fingerprint density at radius 1 is 1.09 bits per heavy atom. The molecule has 1 N–H and O–H groups in total. The number of rotatable bonds is 3. The molecule has 1 atom stereocenters. The van der Waals surface area contributed by atoms with Gasteiger partial charge in [-0.05, 0) is 73.6 Å². The van der Waals surface area contributed by atoms with Gasteiger partial charge in [-0.1, -0.05) is 24.3 Å². The van der Waals surface area contributed by atoms with E-state index in [1.807, 2.05) is 18.5 Å². The predicted molar refractivity (Wildman–Crippen MR) is 134 cm³/mol. The molecule has 1 aliphatic heterocycles. The summed E-state index contributed by atoms with van der Waals surface area (Å²) in [6, 6.07) is 12.6. The third kappa shape index (κ3) is 3.21. The van der Waals surface area contributed by atoms with Crippen molar-refractivity contribution < 1.29 is 4.79 Å². The summed E-state index contributed by atoms with van der Waals surface area (Å²) < 4.78 is 0. The van der Waals surface area contributed by atoms with Crippen molar-refractivity contribution >= 4 is 29.0 Å². The lowest BCUT2D eigenvalue weighted by Crippen LogP contribution is -2.32. The molecule has 0 bridgehead atoms. The Balaban J connectivity index is 1.13. The molecule has 0 radical (unpaired) electrons. The van der Waals surface area contributed by atoms with Gasteiger partial charge in [-0.3, -0.25) is 10.1 Å². The minimum atomic E-state index is 0.0188. The van der Waals surface area contributed by atoms with Gasteiger partial charge in [-0.2, -0.15) is 5.10 Å². The number of aromatic nitrogens is 5. The Kier molecular flexibility index (Phi) is 4.72. The summed E-state index contributed by atoms with van der Waals surface area (Å²) in [6.45, 7) is 0.896. The molecule has 35 heavy (non-hydrogen) atoms. The summed E-state index contributed by atoms with van der Waals surface area (Å²) in [5.74, 6) is 1.21. The molecule has 7 rings (SSSR count). The first-order valence-corrected chi connectivity index (χ1v) is 12.7. The minimum absolute atomic E-state index is 0.0188. The maximum absolute atomic E-state index is 12.1. The number of aromatic amines is 1. The van der Waals surface area contributed by atoms with Gasteiger partial charge in [0.25, 0.3) is 0 Å². The number of H-pyrrole nitrogens is 1. The van der Waals surface area contributed by atoms with Crippen molar-refractivity contribution in [2.24, 2.45) is 5.41 Å². The van der Waals surface area contributed by atoms with Gasteiger partial charge in [-0.25, -0.2) is 9.97 Å². The Hall–Kier alpha value is -3.61. The van der Waals surface area contributed by atoms with Gasteiger partial charge < -0.3 is 9.69 Å². The fourth-order valence-corrected chi connectivity index (χ4v) is 6.81. The molecule has 7 nitrogen and oxygen atoms in total. The molecule has 7 heteroatoms. The number of anilines is 2. The molecule has 1 saturated carbocycles. The van der Waals surface area contributed by atoms with Crippen LogP contribution in [0.4, 0.5) is 11.5 Å². The van der Waals surface area contributed by atoms with Crippen LogP contribution in [0, 0.1) is 5.41 Å². The van der Waals surface area contributed by atoms with Crippen LogP contribution in [0.25, 0.3) is 11.2 Å². The van der Waals surface area contributed by atoms with Crippen LogP contribution in [0.3, 0.4) is 0 Å². The number of hydrogen-bond acceptors (Lipinski definition) is 6. The fraction of sp³-hybridized carbons (Fsp3) is 0.393. The highest BCUT2D eigenvalue weighted by Crippen LogP contribution is 2.56. The van der Waals surface area contributed by atoms with Crippen molar-refractivity contribution in [3.63, 3.8) is 0 Å². The summed E-state index contributed by atoms with van der Waals surface area (Å²) in [6.07, 6.45) is 12.2. The van der Waals surface area contributed by atoms with Gasteiger partial charge in [0.05, 0.1) is 17.1 Å². The number of aryl methyl sites for hydroxylation is 1. The molecular formula is C28H28N6O. The second-order valence-electron chi connectivity index (χ2n) is 10.4. The largest absolute Gasteiger partial charge is 0.321 e. The van der Waals surface area contributed by atoms with Gasteiger partial charge in [0.1, 0.15) is 6.29 Å². The second kappa shape index (κ2) is 7.97. The number of nitrogens with zero attached hydrogens (tertiary/aromatic N) is 5. The van der Waals surface area contributed by atoms with E-state index in [9.17, 15) is 4.79 Å². The van der Waals surface area contributed by atoms with E-state index < -0.39 is 0 Å². The molecule has 3 aliphatic rings. The average molecular weight is 465 g/mol. The van der Waals surface area contributed by atoms with Crippen LogP contribution in [-0.4, -0.2) is 38.0 Å². The fourth-order valence-electron chi connectivity index (χ4n) is 6.81. The van der Waals surface area contributed by atoms with Gasteiger partial charge >= 0.3 is 0 Å². The number of benzene rings is 1. The lowest BCUT2D eigenvalue weighted by Gasteiger charge is -2.40. The van der Waals surface area contributed by atoms with Crippen LogP contribution in [0.5, 0.6) is 0 Å². The van der Waals surface area contributed by atoms with E-state index in [2.05, 4.69) is 50.4 Å². The molecule has 3 aromatic heterocycles. The van der Waals surface area contributed by atoms with Crippen LogP contribution in [0.1, 0.15) is 66.5 Å². The van der Waals surface area contributed by atoms with E-state index in [4.69, 9.17) is 9.97 Å². The summed E-state index contributed by atoms with van der Waals surface area (Å²) >= 11 is 0. The molecule has 1 unspecified atom stereocenters. The van der Waals surface area contributed by atoms with Crippen molar-refractivity contribution in [3.8, 4) is 0 Å². The zero-order valence-corrected chi connectivity index (χ0v) is 19.7. The third-order valence-corrected chi connectivity index (χ3v) is 8.61. The molecule has 176 valence electrons. The molecule has 4 heterocycles. The van der Waals surface area contributed by atoms with E-state index >= 15 is 0 Å². The quantitative estimate of drug-likeness (QED) is 0.429. The summed E-state index contributed by atoms with van der Waals surface area (Å²) in [5.41, 5.74) is 7.46. The van der Waals surface area contributed by atoms with E-state index in [1.165, 1.54) is 17.4 Å². The molecule has 1 fully saturated rings. The minimum Gasteiger partial charge on any atom is -0.321 e. The highest BCUT2D eigenvalue weighted by molar-refractivity contribution is 5.86. The van der Waals surface area contributed by atoms with E-state index in [-0.39, 0.29) is 11.3 Å². The summed E-state index contributed by atoms with van der Waals surface area (Å²) in [7, 11) is 0. The van der Waals surface area contributed by atoms with Crippen molar-refractivity contribution in [3.05, 3.63) is 71.3 Å². The standard InChI is InChI=1S/C28H28N6O/c35-17-21-20-6-2-1-5-19(20)15-28(21)11-9-18(10-12-28)23-16-30-25-26(31-23)32-33-27(25)34-14-4-7-22-24(34)8-3-13-29-22/h1-3,5-6,8,13,16-18,21H,4,7,9-12,14-15H2,(H,31,32,33)/t18-,21?,28+. The van der Waals surface area contributed by atoms with Crippen LogP contribution >= 0.6 is 0 Å². The number of carbonyl (C=O) groups excluding carboxylic acids is 1. The zero-order valence-electron chi connectivity index (χ0n) is 19.7. The van der Waals surface area contributed by atoms with Crippen LogP contribution in [0.15, 0.2) is 48.8 Å². The first-order valence-electron chi connectivity index (χ1n) is 12.7. The molecule has 2 aliphatic carbocycles. The number of hydrogen-bond donors (Lipinski definition) is 1. The number of nitrogens with one attached hydrogen (secondary N) is 1.